The first-order valence-corrected chi connectivity index (χ1v) is 5.07. The summed E-state index contributed by atoms with van der Waals surface area (Å²) in [5.74, 6) is 1.29. The van der Waals surface area contributed by atoms with Gasteiger partial charge in [-0.3, -0.25) is 0 Å². The highest BCUT2D eigenvalue weighted by molar-refractivity contribution is 5.66. The average molecular weight is 231 g/mol. The predicted octanol–water partition coefficient (Wildman–Crippen LogP) is 1.12. The lowest BCUT2D eigenvalue weighted by Gasteiger charge is -2.06. The number of nitrogens with zero attached hydrogens (tertiary/aromatic N) is 4. The molecule has 1 heterocycles. The first-order valence-electron chi connectivity index (χ1n) is 5.07. The molecule has 0 fully saturated rings. The lowest BCUT2D eigenvalue weighted by atomic mass is 10.2. The van der Waals surface area contributed by atoms with E-state index in [9.17, 15) is 0 Å². The van der Waals surface area contributed by atoms with Gasteiger partial charge in [0.15, 0.2) is 5.82 Å². The molecule has 0 amide bonds. The van der Waals surface area contributed by atoms with E-state index in [2.05, 4.69) is 22.1 Å². The predicted molar refractivity (Wildman–Crippen MR) is 64.4 cm³/mol. The van der Waals surface area contributed by atoms with Gasteiger partial charge in [-0.2, -0.15) is 0 Å². The molecule has 0 atom stereocenters. The van der Waals surface area contributed by atoms with Gasteiger partial charge in [0.1, 0.15) is 5.75 Å². The normalized spacial score (nSPS) is 10.2. The zero-order valence-electron chi connectivity index (χ0n) is 9.50. The summed E-state index contributed by atoms with van der Waals surface area (Å²) in [4.78, 5) is 0. The summed E-state index contributed by atoms with van der Waals surface area (Å²) in [5.41, 5.74) is 7.24. The van der Waals surface area contributed by atoms with Crippen molar-refractivity contribution in [3.05, 3.63) is 30.9 Å². The van der Waals surface area contributed by atoms with Gasteiger partial charge < -0.3 is 10.5 Å². The number of methoxy groups -OCH3 is 1. The third-order valence-electron chi connectivity index (χ3n) is 2.32. The highest BCUT2D eigenvalue weighted by Gasteiger charge is 2.09. The largest absolute Gasteiger partial charge is 0.495 e. The summed E-state index contributed by atoms with van der Waals surface area (Å²) < 4.78 is 6.74. The maximum Gasteiger partial charge on any atom is 0.182 e. The third kappa shape index (κ3) is 2.10. The molecule has 0 radical (unpaired) electrons. The molecule has 17 heavy (non-hydrogen) atoms. The van der Waals surface area contributed by atoms with Gasteiger partial charge in [0.25, 0.3) is 0 Å². The van der Waals surface area contributed by atoms with Crippen LogP contribution < -0.4 is 10.5 Å². The molecule has 2 aromatic rings. The topological polar surface area (TPSA) is 78.8 Å². The van der Waals surface area contributed by atoms with E-state index in [0.717, 1.165) is 5.56 Å². The number of nitrogen functional groups attached to an aromatic ring is 1. The molecule has 6 nitrogen and oxygen atoms in total. The van der Waals surface area contributed by atoms with Crippen LogP contribution in [0.25, 0.3) is 11.4 Å². The van der Waals surface area contributed by atoms with E-state index in [1.54, 1.807) is 30.0 Å². The van der Waals surface area contributed by atoms with E-state index in [1.165, 1.54) is 0 Å². The summed E-state index contributed by atoms with van der Waals surface area (Å²) in [6, 6.07) is 5.43. The smallest absolute Gasteiger partial charge is 0.182 e. The van der Waals surface area contributed by atoms with Crippen molar-refractivity contribution in [2.24, 2.45) is 0 Å². The quantitative estimate of drug-likeness (QED) is 0.630. The van der Waals surface area contributed by atoms with Crippen LogP contribution in [0.15, 0.2) is 30.9 Å². The van der Waals surface area contributed by atoms with E-state index in [0.29, 0.717) is 23.8 Å². The number of tetrazole rings is 1. The Bertz CT molecular complexity index is 534. The van der Waals surface area contributed by atoms with Crippen LogP contribution in [-0.4, -0.2) is 27.3 Å². The summed E-state index contributed by atoms with van der Waals surface area (Å²) in [5, 5.41) is 11.5. The Morgan fingerprint density at radius 1 is 1.53 bits per heavy atom. The minimum absolute atomic E-state index is 0.550. The van der Waals surface area contributed by atoms with Gasteiger partial charge in [0.2, 0.25) is 0 Å². The molecule has 0 spiro atoms. The minimum atomic E-state index is 0.550. The first-order chi connectivity index (χ1) is 8.26. The lowest BCUT2D eigenvalue weighted by Crippen LogP contribution is -2.01. The molecule has 2 rings (SSSR count). The van der Waals surface area contributed by atoms with E-state index < -0.39 is 0 Å². The Morgan fingerprint density at radius 2 is 2.35 bits per heavy atom. The van der Waals surface area contributed by atoms with Crippen molar-refractivity contribution in [1.29, 1.82) is 0 Å². The highest BCUT2D eigenvalue weighted by Crippen LogP contribution is 2.26. The second-order valence-electron chi connectivity index (χ2n) is 3.43. The number of ether oxygens (including phenoxy) is 1. The summed E-state index contributed by atoms with van der Waals surface area (Å²) in [6.45, 7) is 4.20. The van der Waals surface area contributed by atoms with Crippen LogP contribution in [0.1, 0.15) is 0 Å². The summed E-state index contributed by atoms with van der Waals surface area (Å²) in [7, 11) is 1.58. The molecule has 0 bridgehead atoms. The summed E-state index contributed by atoms with van der Waals surface area (Å²) >= 11 is 0. The first kappa shape index (κ1) is 11.1. The SMILES string of the molecule is C=CCn1nnnc1-c1ccc(OC)c(N)c1. The van der Waals surface area contributed by atoms with E-state index in [1.807, 2.05) is 6.07 Å². The molecule has 0 aliphatic rings. The van der Waals surface area contributed by atoms with Crippen LogP contribution in [-0.2, 0) is 6.54 Å². The van der Waals surface area contributed by atoms with E-state index in [4.69, 9.17) is 10.5 Å². The number of hydrogen-bond acceptors (Lipinski definition) is 5. The van der Waals surface area contributed by atoms with Crippen LogP contribution in [0, 0.1) is 0 Å². The number of allylic oxidation sites excluding steroid dienone is 1. The lowest BCUT2D eigenvalue weighted by molar-refractivity contribution is 0.417. The Hall–Kier alpha value is -2.37. The van der Waals surface area contributed by atoms with Crippen LogP contribution in [0.3, 0.4) is 0 Å². The van der Waals surface area contributed by atoms with Crippen molar-refractivity contribution < 1.29 is 4.74 Å². The molecular formula is C11H13N5O. The van der Waals surface area contributed by atoms with Gasteiger partial charge in [-0.1, -0.05) is 6.08 Å². The zero-order chi connectivity index (χ0) is 12.3. The molecule has 1 aromatic carbocycles. The maximum absolute atomic E-state index is 5.84. The van der Waals surface area contributed by atoms with Crippen molar-refractivity contribution in [3.8, 4) is 17.1 Å². The molecule has 0 aliphatic carbocycles. The zero-order valence-corrected chi connectivity index (χ0v) is 9.50. The van der Waals surface area contributed by atoms with Crippen LogP contribution in [0.4, 0.5) is 5.69 Å². The Morgan fingerprint density at radius 3 is 3.00 bits per heavy atom. The van der Waals surface area contributed by atoms with Gasteiger partial charge in [-0.15, -0.1) is 11.7 Å². The number of nitrogens with two attached hydrogens (primary N) is 1. The second-order valence-corrected chi connectivity index (χ2v) is 3.43. The standard InChI is InChI=1S/C11H13N5O/c1-3-6-16-11(13-14-15-16)8-4-5-10(17-2)9(12)7-8/h3-5,7H,1,6,12H2,2H3. The molecule has 0 saturated heterocycles. The van der Waals surface area contributed by atoms with Gasteiger partial charge >= 0.3 is 0 Å². The highest BCUT2D eigenvalue weighted by atomic mass is 16.5. The molecule has 0 unspecified atom stereocenters. The third-order valence-corrected chi connectivity index (χ3v) is 2.32. The molecule has 0 saturated carbocycles. The van der Waals surface area contributed by atoms with Gasteiger partial charge in [-0.25, -0.2) is 4.68 Å². The number of benzene rings is 1. The molecule has 2 N–H and O–H groups in total. The molecule has 6 heteroatoms. The monoisotopic (exact) mass is 231 g/mol. The Balaban J connectivity index is 2.42. The molecular weight excluding hydrogens is 218 g/mol. The number of anilines is 1. The molecule has 0 aliphatic heterocycles. The van der Waals surface area contributed by atoms with Crippen molar-refractivity contribution in [2.45, 2.75) is 6.54 Å². The Kier molecular flexibility index (Phi) is 3.04. The minimum Gasteiger partial charge on any atom is -0.495 e. The number of aromatic nitrogens is 4. The van der Waals surface area contributed by atoms with Crippen molar-refractivity contribution in [1.82, 2.24) is 20.2 Å². The molecule has 1 aromatic heterocycles. The van der Waals surface area contributed by atoms with Gasteiger partial charge in [0, 0.05) is 5.56 Å². The second kappa shape index (κ2) is 4.65. The number of rotatable bonds is 4. The fourth-order valence-corrected chi connectivity index (χ4v) is 1.53. The number of hydrogen-bond donors (Lipinski definition) is 1. The fraction of sp³-hybridized carbons (Fsp3) is 0.182. The van der Waals surface area contributed by atoms with Crippen molar-refractivity contribution >= 4 is 5.69 Å². The van der Waals surface area contributed by atoms with Gasteiger partial charge in [-0.05, 0) is 28.6 Å². The van der Waals surface area contributed by atoms with Crippen LogP contribution in [0.2, 0.25) is 0 Å². The van der Waals surface area contributed by atoms with Crippen molar-refractivity contribution in [3.63, 3.8) is 0 Å². The molecule has 88 valence electrons. The van der Waals surface area contributed by atoms with E-state index >= 15 is 0 Å². The van der Waals surface area contributed by atoms with Crippen LogP contribution in [0.5, 0.6) is 5.75 Å². The van der Waals surface area contributed by atoms with E-state index in [-0.39, 0.29) is 0 Å². The Labute approximate surface area is 98.7 Å². The van der Waals surface area contributed by atoms with Crippen LogP contribution >= 0.6 is 0 Å². The van der Waals surface area contributed by atoms with Gasteiger partial charge in [0.05, 0.1) is 19.3 Å². The summed E-state index contributed by atoms with van der Waals surface area (Å²) in [6.07, 6.45) is 1.73. The maximum atomic E-state index is 5.84. The average Bonchev–Trinajstić information content (AvgIpc) is 2.78. The van der Waals surface area contributed by atoms with Crippen molar-refractivity contribution in [2.75, 3.05) is 12.8 Å². The fourth-order valence-electron chi connectivity index (χ4n) is 1.53.